The molecule has 1 aromatic heterocycles. The highest BCUT2D eigenvalue weighted by Gasteiger charge is 2.16. The average Bonchev–Trinajstić information content (AvgIpc) is 2.86. The van der Waals surface area contributed by atoms with E-state index in [1.807, 2.05) is 19.0 Å². The Morgan fingerprint density at radius 2 is 2.40 bits per heavy atom. The Labute approximate surface area is 88.6 Å². The van der Waals surface area contributed by atoms with E-state index < -0.39 is 0 Å². The molecule has 0 spiro atoms. The molecule has 1 aliphatic heterocycles. The van der Waals surface area contributed by atoms with Crippen LogP contribution in [0, 0.1) is 0 Å². The summed E-state index contributed by atoms with van der Waals surface area (Å²) in [5, 5.41) is 7.14. The van der Waals surface area contributed by atoms with Gasteiger partial charge >= 0.3 is 0 Å². The molecule has 1 aromatic rings. The van der Waals surface area contributed by atoms with Crippen molar-refractivity contribution in [2.45, 2.75) is 19.0 Å². The standard InChI is InChI=1S/C9H16N4O2/c1-13(2)9-11-8(15-12-9)5-10-7-3-4-14-6-7/h7,10H,3-6H2,1-2H3/t7-/m0/s1. The Morgan fingerprint density at radius 1 is 1.53 bits per heavy atom. The van der Waals surface area contributed by atoms with Crippen molar-refractivity contribution in [1.82, 2.24) is 15.5 Å². The smallest absolute Gasteiger partial charge is 0.265 e. The highest BCUT2D eigenvalue weighted by Crippen LogP contribution is 2.07. The zero-order valence-corrected chi connectivity index (χ0v) is 9.06. The lowest BCUT2D eigenvalue weighted by Gasteiger charge is -2.06. The molecule has 1 aliphatic rings. The van der Waals surface area contributed by atoms with Gasteiger partial charge in [-0.3, -0.25) is 0 Å². The fourth-order valence-electron chi connectivity index (χ4n) is 1.43. The van der Waals surface area contributed by atoms with E-state index in [0.717, 1.165) is 19.6 Å². The summed E-state index contributed by atoms with van der Waals surface area (Å²) in [4.78, 5) is 6.03. The Bertz CT molecular complexity index is 307. The Morgan fingerprint density at radius 3 is 3.00 bits per heavy atom. The van der Waals surface area contributed by atoms with Gasteiger partial charge in [0, 0.05) is 26.7 Å². The predicted molar refractivity (Wildman–Crippen MR) is 54.7 cm³/mol. The van der Waals surface area contributed by atoms with Crippen LogP contribution in [0.2, 0.25) is 0 Å². The van der Waals surface area contributed by atoms with E-state index in [2.05, 4.69) is 15.5 Å². The van der Waals surface area contributed by atoms with Crippen LogP contribution in [0.15, 0.2) is 4.52 Å². The van der Waals surface area contributed by atoms with Gasteiger partial charge in [0.1, 0.15) is 0 Å². The van der Waals surface area contributed by atoms with Gasteiger partial charge in [-0.2, -0.15) is 4.98 Å². The SMILES string of the molecule is CN(C)c1noc(CN[C@H]2CCOC2)n1. The quantitative estimate of drug-likeness (QED) is 0.758. The number of nitrogens with one attached hydrogen (secondary N) is 1. The van der Waals surface area contributed by atoms with Gasteiger partial charge in [0.2, 0.25) is 5.89 Å². The van der Waals surface area contributed by atoms with Crippen LogP contribution in [0.4, 0.5) is 5.95 Å². The van der Waals surface area contributed by atoms with Gasteiger partial charge in [-0.05, 0) is 11.6 Å². The summed E-state index contributed by atoms with van der Waals surface area (Å²) in [6.45, 7) is 2.22. The highest BCUT2D eigenvalue weighted by atomic mass is 16.5. The van der Waals surface area contributed by atoms with Crippen molar-refractivity contribution in [1.29, 1.82) is 0 Å². The van der Waals surface area contributed by atoms with Crippen LogP contribution < -0.4 is 10.2 Å². The summed E-state index contributed by atoms with van der Waals surface area (Å²) in [5.74, 6) is 1.22. The molecule has 0 radical (unpaired) electrons. The van der Waals surface area contributed by atoms with E-state index in [-0.39, 0.29) is 0 Å². The maximum Gasteiger partial charge on any atom is 0.265 e. The molecule has 0 aromatic carbocycles. The molecule has 15 heavy (non-hydrogen) atoms. The van der Waals surface area contributed by atoms with Gasteiger partial charge in [-0.15, -0.1) is 0 Å². The minimum Gasteiger partial charge on any atom is -0.380 e. The molecule has 0 unspecified atom stereocenters. The molecule has 0 aliphatic carbocycles. The van der Waals surface area contributed by atoms with Gasteiger partial charge in [0.15, 0.2) is 0 Å². The van der Waals surface area contributed by atoms with Crippen molar-refractivity contribution in [2.24, 2.45) is 0 Å². The van der Waals surface area contributed by atoms with E-state index in [4.69, 9.17) is 9.26 Å². The molecule has 0 saturated carbocycles. The maximum atomic E-state index is 5.25. The molecule has 1 saturated heterocycles. The number of rotatable bonds is 4. The first-order chi connectivity index (χ1) is 7.25. The number of hydrogen-bond acceptors (Lipinski definition) is 6. The van der Waals surface area contributed by atoms with E-state index in [1.54, 1.807) is 0 Å². The number of hydrogen-bond donors (Lipinski definition) is 1. The van der Waals surface area contributed by atoms with Gasteiger partial charge in [-0.1, -0.05) is 0 Å². The van der Waals surface area contributed by atoms with Crippen LogP contribution in [0.25, 0.3) is 0 Å². The molecule has 1 fully saturated rings. The van der Waals surface area contributed by atoms with Crippen LogP contribution in [-0.2, 0) is 11.3 Å². The number of aromatic nitrogens is 2. The topological polar surface area (TPSA) is 63.4 Å². The van der Waals surface area contributed by atoms with Crippen molar-refractivity contribution in [3.63, 3.8) is 0 Å². The summed E-state index contributed by atoms with van der Waals surface area (Å²) in [6, 6.07) is 0.416. The Balaban J connectivity index is 1.82. The second-order valence-electron chi connectivity index (χ2n) is 3.82. The van der Waals surface area contributed by atoms with Crippen molar-refractivity contribution in [2.75, 3.05) is 32.2 Å². The molecule has 2 rings (SSSR count). The van der Waals surface area contributed by atoms with E-state index in [0.29, 0.717) is 24.4 Å². The van der Waals surface area contributed by atoms with Crippen molar-refractivity contribution >= 4 is 5.95 Å². The normalized spacial score (nSPS) is 20.8. The summed E-state index contributed by atoms with van der Waals surface area (Å²) in [6.07, 6.45) is 1.05. The second-order valence-corrected chi connectivity index (χ2v) is 3.82. The molecule has 84 valence electrons. The maximum absolute atomic E-state index is 5.25. The second kappa shape index (κ2) is 4.59. The van der Waals surface area contributed by atoms with E-state index >= 15 is 0 Å². The van der Waals surface area contributed by atoms with Crippen molar-refractivity contribution in [3.05, 3.63) is 5.89 Å². The molecule has 6 heteroatoms. The molecule has 0 bridgehead atoms. The lowest BCUT2D eigenvalue weighted by molar-refractivity contribution is 0.189. The predicted octanol–water partition coefficient (Wildman–Crippen LogP) is 0.0141. The molecule has 1 N–H and O–H groups in total. The Hall–Kier alpha value is -1.14. The summed E-state index contributed by atoms with van der Waals surface area (Å²) in [5.41, 5.74) is 0. The lowest BCUT2D eigenvalue weighted by atomic mass is 10.3. The zero-order chi connectivity index (χ0) is 10.7. The minimum absolute atomic E-state index is 0.416. The fraction of sp³-hybridized carbons (Fsp3) is 0.778. The molecule has 0 amide bonds. The van der Waals surface area contributed by atoms with Crippen LogP contribution in [0.1, 0.15) is 12.3 Å². The molecule has 1 atom stereocenters. The van der Waals surface area contributed by atoms with Gasteiger partial charge < -0.3 is 19.5 Å². The van der Waals surface area contributed by atoms with Crippen molar-refractivity contribution in [3.8, 4) is 0 Å². The average molecular weight is 212 g/mol. The molecule has 2 heterocycles. The van der Waals surface area contributed by atoms with Gasteiger partial charge in [0.25, 0.3) is 5.95 Å². The first kappa shape index (κ1) is 10.4. The summed E-state index contributed by atoms with van der Waals surface area (Å²) < 4.78 is 10.3. The summed E-state index contributed by atoms with van der Waals surface area (Å²) >= 11 is 0. The third-order valence-electron chi connectivity index (χ3n) is 2.33. The van der Waals surface area contributed by atoms with Gasteiger partial charge in [-0.25, -0.2) is 0 Å². The van der Waals surface area contributed by atoms with Gasteiger partial charge in [0.05, 0.1) is 13.2 Å². The van der Waals surface area contributed by atoms with E-state index in [1.165, 1.54) is 0 Å². The van der Waals surface area contributed by atoms with Crippen molar-refractivity contribution < 1.29 is 9.26 Å². The molecule has 6 nitrogen and oxygen atoms in total. The first-order valence-corrected chi connectivity index (χ1v) is 5.07. The minimum atomic E-state index is 0.416. The van der Waals surface area contributed by atoms with Crippen LogP contribution in [0.3, 0.4) is 0 Å². The largest absolute Gasteiger partial charge is 0.380 e. The zero-order valence-electron chi connectivity index (χ0n) is 9.06. The van der Waals surface area contributed by atoms with Crippen LogP contribution in [0.5, 0.6) is 0 Å². The third kappa shape index (κ3) is 2.66. The lowest BCUT2D eigenvalue weighted by Crippen LogP contribution is -2.28. The molecular weight excluding hydrogens is 196 g/mol. The Kier molecular flexibility index (Phi) is 3.17. The monoisotopic (exact) mass is 212 g/mol. The fourth-order valence-corrected chi connectivity index (χ4v) is 1.43. The van der Waals surface area contributed by atoms with Crippen LogP contribution >= 0.6 is 0 Å². The van der Waals surface area contributed by atoms with E-state index in [9.17, 15) is 0 Å². The third-order valence-corrected chi connectivity index (χ3v) is 2.33. The number of nitrogens with zero attached hydrogens (tertiary/aromatic N) is 3. The first-order valence-electron chi connectivity index (χ1n) is 5.07. The summed E-state index contributed by atoms with van der Waals surface area (Å²) in [7, 11) is 3.76. The highest BCUT2D eigenvalue weighted by molar-refractivity contribution is 5.23. The van der Waals surface area contributed by atoms with Crippen LogP contribution in [-0.4, -0.2) is 43.5 Å². The molecular formula is C9H16N4O2. The number of anilines is 1. The number of ether oxygens (including phenoxy) is 1.